The molecule has 0 N–H and O–H groups in total. The predicted molar refractivity (Wildman–Crippen MR) is 59.7 cm³/mol. The molecule has 0 spiro atoms. The zero-order chi connectivity index (χ0) is 10.7. The first-order valence-electron chi connectivity index (χ1n) is 5.13. The topological polar surface area (TPSA) is 38.2 Å². The van der Waals surface area contributed by atoms with Gasteiger partial charge in [0.15, 0.2) is 5.82 Å². The lowest BCUT2D eigenvalue weighted by Gasteiger charge is -2.16. The molecule has 0 aromatic carbocycles. The maximum absolute atomic E-state index is 6.04. The van der Waals surface area contributed by atoms with E-state index in [-0.39, 0.29) is 5.38 Å². The Morgan fingerprint density at radius 2 is 2.47 bits per heavy atom. The van der Waals surface area contributed by atoms with E-state index in [2.05, 4.69) is 14.9 Å². The predicted octanol–water partition coefficient (Wildman–Crippen LogP) is 1.69. The Hall–Kier alpha value is -1.03. The average Bonchev–Trinajstić information content (AvgIpc) is 2.66. The molecule has 2 heterocycles. The summed E-state index contributed by atoms with van der Waals surface area (Å²) in [6.07, 6.45) is 4.38. The van der Waals surface area contributed by atoms with Gasteiger partial charge in [-0.2, -0.15) is 4.98 Å². The van der Waals surface area contributed by atoms with Gasteiger partial charge in [-0.25, -0.2) is 0 Å². The molecule has 1 unspecified atom stereocenters. The molecule has 5 heteroatoms. The smallest absolute Gasteiger partial charge is 0.234 e. The van der Waals surface area contributed by atoms with Crippen LogP contribution < -0.4 is 9.64 Å². The third-order valence-electron chi connectivity index (χ3n) is 2.35. The van der Waals surface area contributed by atoms with Crippen LogP contribution in [0, 0.1) is 0 Å². The highest BCUT2D eigenvalue weighted by molar-refractivity contribution is 6.21. The van der Waals surface area contributed by atoms with Gasteiger partial charge in [0.25, 0.3) is 0 Å². The second-order valence-electron chi connectivity index (χ2n) is 3.48. The highest BCUT2D eigenvalue weighted by Crippen LogP contribution is 2.21. The zero-order valence-corrected chi connectivity index (χ0v) is 9.44. The molecule has 1 fully saturated rings. The summed E-state index contributed by atoms with van der Waals surface area (Å²) in [6.45, 7) is 4.32. The minimum Gasteiger partial charge on any atom is -0.477 e. The second kappa shape index (κ2) is 4.66. The molecule has 2 rings (SSSR count). The molecular formula is C10H14ClN3O. The Morgan fingerprint density at radius 3 is 3.13 bits per heavy atom. The lowest BCUT2D eigenvalue weighted by atomic mass is 10.4. The Morgan fingerprint density at radius 1 is 1.60 bits per heavy atom. The number of ether oxygens (including phenoxy) is 1. The molecule has 1 aliphatic rings. The number of anilines is 1. The molecule has 82 valence electrons. The van der Waals surface area contributed by atoms with E-state index >= 15 is 0 Å². The van der Waals surface area contributed by atoms with Crippen molar-refractivity contribution in [3.05, 3.63) is 12.4 Å². The van der Waals surface area contributed by atoms with Crippen LogP contribution in [0.5, 0.6) is 5.88 Å². The minimum atomic E-state index is 0.225. The molecule has 0 aliphatic carbocycles. The molecule has 0 amide bonds. The number of hydrogen-bond donors (Lipinski definition) is 0. The lowest BCUT2D eigenvalue weighted by molar-refractivity contribution is 0.325. The van der Waals surface area contributed by atoms with Crippen molar-refractivity contribution in [3.8, 4) is 5.88 Å². The molecule has 4 nitrogen and oxygen atoms in total. The van der Waals surface area contributed by atoms with E-state index in [1.807, 2.05) is 6.92 Å². The zero-order valence-electron chi connectivity index (χ0n) is 8.69. The van der Waals surface area contributed by atoms with E-state index in [4.69, 9.17) is 16.3 Å². The summed E-state index contributed by atoms with van der Waals surface area (Å²) in [4.78, 5) is 10.6. The van der Waals surface area contributed by atoms with Crippen molar-refractivity contribution in [1.82, 2.24) is 9.97 Å². The molecule has 1 aromatic rings. The Kier molecular flexibility index (Phi) is 3.26. The van der Waals surface area contributed by atoms with Crippen molar-refractivity contribution < 1.29 is 4.74 Å². The monoisotopic (exact) mass is 227 g/mol. The quantitative estimate of drug-likeness (QED) is 0.737. The van der Waals surface area contributed by atoms with Gasteiger partial charge in [0.05, 0.1) is 24.4 Å². The van der Waals surface area contributed by atoms with Crippen LogP contribution in [-0.4, -0.2) is 35.0 Å². The third kappa shape index (κ3) is 2.50. The van der Waals surface area contributed by atoms with Crippen molar-refractivity contribution in [2.24, 2.45) is 0 Å². The number of nitrogens with zero attached hydrogens (tertiary/aromatic N) is 3. The van der Waals surface area contributed by atoms with Gasteiger partial charge in [-0.05, 0) is 13.3 Å². The largest absolute Gasteiger partial charge is 0.477 e. The van der Waals surface area contributed by atoms with Gasteiger partial charge >= 0.3 is 0 Å². The number of rotatable bonds is 3. The van der Waals surface area contributed by atoms with Crippen LogP contribution in [0.3, 0.4) is 0 Å². The van der Waals surface area contributed by atoms with Gasteiger partial charge in [-0.15, -0.1) is 11.6 Å². The molecule has 1 aromatic heterocycles. The summed E-state index contributed by atoms with van der Waals surface area (Å²) in [7, 11) is 0. The van der Waals surface area contributed by atoms with Crippen LogP contribution in [0.2, 0.25) is 0 Å². The molecule has 0 saturated carbocycles. The van der Waals surface area contributed by atoms with Crippen LogP contribution in [0.1, 0.15) is 13.3 Å². The molecule has 15 heavy (non-hydrogen) atoms. The Balaban J connectivity index is 2.10. The summed E-state index contributed by atoms with van der Waals surface area (Å²) in [5.41, 5.74) is 0. The highest BCUT2D eigenvalue weighted by atomic mass is 35.5. The number of halogens is 1. The van der Waals surface area contributed by atoms with Crippen molar-refractivity contribution in [2.75, 3.05) is 24.6 Å². The summed E-state index contributed by atoms with van der Waals surface area (Å²) in [5, 5.41) is 0.225. The van der Waals surface area contributed by atoms with Crippen LogP contribution >= 0.6 is 11.6 Å². The first kappa shape index (κ1) is 10.5. The van der Waals surface area contributed by atoms with Crippen molar-refractivity contribution in [1.29, 1.82) is 0 Å². The standard InChI is InChI=1S/C10H14ClN3O/c1-2-15-10-6-12-5-9(13-10)14-4-3-8(11)7-14/h5-6,8H,2-4,7H2,1H3. The van der Waals surface area contributed by atoms with Gasteiger partial charge in [-0.1, -0.05) is 0 Å². The number of alkyl halides is 1. The summed E-state index contributed by atoms with van der Waals surface area (Å²) < 4.78 is 5.30. The average molecular weight is 228 g/mol. The van der Waals surface area contributed by atoms with Crippen molar-refractivity contribution >= 4 is 17.4 Å². The second-order valence-corrected chi connectivity index (χ2v) is 4.10. The fraction of sp³-hybridized carbons (Fsp3) is 0.600. The van der Waals surface area contributed by atoms with Gasteiger partial charge < -0.3 is 9.64 Å². The summed E-state index contributed by atoms with van der Waals surface area (Å²) in [5.74, 6) is 1.43. The minimum absolute atomic E-state index is 0.225. The molecule has 1 atom stereocenters. The first-order valence-corrected chi connectivity index (χ1v) is 5.57. The SMILES string of the molecule is CCOc1cncc(N2CCC(Cl)C2)n1. The fourth-order valence-corrected chi connectivity index (χ4v) is 1.90. The normalized spacial score (nSPS) is 20.7. The Bertz CT molecular complexity index is 334. The van der Waals surface area contributed by atoms with Gasteiger partial charge in [0.2, 0.25) is 5.88 Å². The first-order chi connectivity index (χ1) is 7.29. The van der Waals surface area contributed by atoms with Crippen LogP contribution in [0.25, 0.3) is 0 Å². The molecule has 0 bridgehead atoms. The van der Waals surface area contributed by atoms with E-state index in [0.29, 0.717) is 12.5 Å². The van der Waals surface area contributed by atoms with E-state index in [1.165, 1.54) is 0 Å². The van der Waals surface area contributed by atoms with E-state index in [9.17, 15) is 0 Å². The third-order valence-corrected chi connectivity index (χ3v) is 2.70. The van der Waals surface area contributed by atoms with Crippen molar-refractivity contribution in [2.45, 2.75) is 18.7 Å². The highest BCUT2D eigenvalue weighted by Gasteiger charge is 2.21. The van der Waals surface area contributed by atoms with Gasteiger partial charge in [0, 0.05) is 13.1 Å². The summed E-state index contributed by atoms with van der Waals surface area (Å²) >= 11 is 6.04. The summed E-state index contributed by atoms with van der Waals surface area (Å²) in [6, 6.07) is 0. The maximum Gasteiger partial charge on any atom is 0.234 e. The maximum atomic E-state index is 6.04. The molecule has 0 radical (unpaired) electrons. The number of aromatic nitrogens is 2. The van der Waals surface area contributed by atoms with Crippen molar-refractivity contribution in [3.63, 3.8) is 0 Å². The van der Waals surface area contributed by atoms with Gasteiger partial charge in [-0.3, -0.25) is 4.98 Å². The van der Waals surface area contributed by atoms with E-state index < -0.39 is 0 Å². The van der Waals surface area contributed by atoms with E-state index in [1.54, 1.807) is 12.4 Å². The van der Waals surface area contributed by atoms with Crippen LogP contribution in [-0.2, 0) is 0 Å². The van der Waals surface area contributed by atoms with E-state index in [0.717, 1.165) is 25.3 Å². The molecule has 1 saturated heterocycles. The lowest BCUT2D eigenvalue weighted by Crippen LogP contribution is -2.21. The molecule has 1 aliphatic heterocycles. The van der Waals surface area contributed by atoms with Gasteiger partial charge in [0.1, 0.15) is 0 Å². The van der Waals surface area contributed by atoms with Crippen LogP contribution in [0.15, 0.2) is 12.4 Å². The molecular weight excluding hydrogens is 214 g/mol. The Labute approximate surface area is 94.2 Å². The van der Waals surface area contributed by atoms with Crippen LogP contribution in [0.4, 0.5) is 5.82 Å². The fourth-order valence-electron chi connectivity index (χ4n) is 1.63. The number of hydrogen-bond acceptors (Lipinski definition) is 4.